The fourth-order valence-electron chi connectivity index (χ4n) is 3.60. The van der Waals surface area contributed by atoms with Gasteiger partial charge in [0, 0.05) is 30.3 Å². The number of carbonyl (C=O) groups is 1. The number of nitrogens with zero attached hydrogens (tertiary/aromatic N) is 3. The zero-order valence-electron chi connectivity index (χ0n) is 13.5. The van der Waals surface area contributed by atoms with E-state index in [4.69, 9.17) is 9.15 Å². The van der Waals surface area contributed by atoms with Crippen LogP contribution in [0.3, 0.4) is 0 Å². The Labute approximate surface area is 130 Å². The molecule has 1 aliphatic carbocycles. The van der Waals surface area contributed by atoms with Crippen molar-refractivity contribution >= 4 is 5.91 Å². The van der Waals surface area contributed by atoms with E-state index in [1.807, 2.05) is 25.7 Å². The highest BCUT2D eigenvalue weighted by molar-refractivity contribution is 5.82. The van der Waals surface area contributed by atoms with Gasteiger partial charge in [-0.25, -0.2) is 0 Å². The molecule has 0 bridgehead atoms. The molecular formula is C16H23N3O3. The lowest BCUT2D eigenvalue weighted by molar-refractivity contribution is -0.139. The second-order valence-corrected chi connectivity index (χ2v) is 8.02. The van der Waals surface area contributed by atoms with Gasteiger partial charge in [-0.05, 0) is 12.8 Å². The molecule has 3 heterocycles. The highest BCUT2D eigenvalue weighted by Crippen LogP contribution is 2.46. The van der Waals surface area contributed by atoms with Gasteiger partial charge in [-0.15, -0.1) is 10.2 Å². The van der Waals surface area contributed by atoms with Crippen molar-refractivity contribution in [2.75, 3.05) is 26.3 Å². The van der Waals surface area contributed by atoms with Gasteiger partial charge in [-0.2, -0.15) is 0 Å². The summed E-state index contributed by atoms with van der Waals surface area (Å²) >= 11 is 0. The van der Waals surface area contributed by atoms with Gasteiger partial charge in [0.25, 0.3) is 0 Å². The molecule has 6 heteroatoms. The molecule has 3 aliphatic rings. The lowest BCUT2D eigenvalue weighted by Gasteiger charge is -2.27. The van der Waals surface area contributed by atoms with E-state index in [2.05, 4.69) is 10.2 Å². The summed E-state index contributed by atoms with van der Waals surface area (Å²) < 4.78 is 11.7. The molecule has 0 N–H and O–H groups in total. The summed E-state index contributed by atoms with van der Waals surface area (Å²) in [6.07, 6.45) is 2.28. The molecule has 1 saturated carbocycles. The molecule has 2 saturated heterocycles. The summed E-state index contributed by atoms with van der Waals surface area (Å²) in [6, 6.07) is 0. The number of amides is 1. The van der Waals surface area contributed by atoms with Crippen molar-refractivity contribution < 1.29 is 13.9 Å². The second kappa shape index (κ2) is 4.54. The lowest BCUT2D eigenvalue weighted by Crippen LogP contribution is -2.41. The van der Waals surface area contributed by atoms with Gasteiger partial charge in [-0.3, -0.25) is 4.79 Å². The van der Waals surface area contributed by atoms with Crippen molar-refractivity contribution in [3.05, 3.63) is 11.8 Å². The van der Waals surface area contributed by atoms with E-state index in [9.17, 15) is 4.79 Å². The molecule has 1 aromatic heterocycles. The molecule has 1 amide bonds. The maximum absolute atomic E-state index is 12.6. The highest BCUT2D eigenvalue weighted by atomic mass is 16.5. The topological polar surface area (TPSA) is 68.5 Å². The maximum Gasteiger partial charge on any atom is 0.227 e. The molecule has 0 unspecified atom stereocenters. The average Bonchev–Trinajstić information content (AvgIpc) is 2.90. The molecule has 6 nitrogen and oxygen atoms in total. The minimum absolute atomic E-state index is 0.184. The van der Waals surface area contributed by atoms with Crippen LogP contribution in [0.1, 0.15) is 51.3 Å². The van der Waals surface area contributed by atoms with Crippen LogP contribution in [0.5, 0.6) is 0 Å². The molecule has 120 valence electrons. The Hall–Kier alpha value is -1.43. The van der Waals surface area contributed by atoms with Gasteiger partial charge in [0.1, 0.15) is 0 Å². The summed E-state index contributed by atoms with van der Waals surface area (Å²) in [7, 11) is 0. The Morgan fingerprint density at radius 3 is 2.77 bits per heavy atom. The van der Waals surface area contributed by atoms with Crippen LogP contribution in [-0.4, -0.2) is 47.3 Å². The molecule has 4 rings (SSSR count). The van der Waals surface area contributed by atoms with Gasteiger partial charge in [0.05, 0.1) is 18.6 Å². The van der Waals surface area contributed by atoms with Crippen LogP contribution in [0.2, 0.25) is 0 Å². The Kier molecular flexibility index (Phi) is 2.92. The zero-order chi connectivity index (χ0) is 15.5. The number of ether oxygens (including phenoxy) is 1. The molecular weight excluding hydrogens is 282 g/mol. The first-order chi connectivity index (χ1) is 10.4. The standard InChI is InChI=1S/C16H23N3O3/c1-15(2,3)14(20)19-6-11-7-21-9-16(11,8-19)13-18-17-12(22-13)10-4-5-10/h10-11H,4-9H2,1-3H3/t11-,16-/m0/s1. The van der Waals surface area contributed by atoms with E-state index in [-0.39, 0.29) is 22.7 Å². The molecule has 3 fully saturated rings. The quantitative estimate of drug-likeness (QED) is 0.832. The predicted octanol–water partition coefficient (Wildman–Crippen LogP) is 1.72. The van der Waals surface area contributed by atoms with Crippen LogP contribution < -0.4 is 0 Å². The molecule has 2 atom stereocenters. The summed E-state index contributed by atoms with van der Waals surface area (Å²) in [6.45, 7) is 8.46. The molecule has 22 heavy (non-hydrogen) atoms. The van der Waals surface area contributed by atoms with Gasteiger partial charge in [0.15, 0.2) is 0 Å². The fourth-order valence-corrected chi connectivity index (χ4v) is 3.60. The Balaban J connectivity index is 1.62. The lowest BCUT2D eigenvalue weighted by atomic mass is 9.81. The van der Waals surface area contributed by atoms with Gasteiger partial charge < -0.3 is 14.1 Å². The summed E-state index contributed by atoms with van der Waals surface area (Å²) in [5.41, 5.74) is -0.671. The van der Waals surface area contributed by atoms with E-state index >= 15 is 0 Å². The maximum atomic E-state index is 12.6. The van der Waals surface area contributed by atoms with Gasteiger partial charge >= 0.3 is 0 Å². The Morgan fingerprint density at radius 1 is 1.32 bits per heavy atom. The number of aromatic nitrogens is 2. The number of carbonyl (C=O) groups excluding carboxylic acids is 1. The van der Waals surface area contributed by atoms with Crippen LogP contribution in [0.15, 0.2) is 4.42 Å². The van der Waals surface area contributed by atoms with Gasteiger partial charge in [-0.1, -0.05) is 20.8 Å². The van der Waals surface area contributed by atoms with Crippen LogP contribution >= 0.6 is 0 Å². The number of rotatable bonds is 2. The molecule has 0 radical (unpaired) electrons. The minimum atomic E-state index is -0.366. The van der Waals surface area contributed by atoms with Crippen molar-refractivity contribution in [2.24, 2.45) is 11.3 Å². The fraction of sp³-hybridized carbons (Fsp3) is 0.812. The van der Waals surface area contributed by atoms with E-state index in [1.165, 1.54) is 0 Å². The summed E-state index contributed by atoms with van der Waals surface area (Å²) in [5.74, 6) is 2.32. The monoisotopic (exact) mass is 305 g/mol. The predicted molar refractivity (Wildman–Crippen MR) is 78.3 cm³/mol. The van der Waals surface area contributed by atoms with Crippen LogP contribution in [0.25, 0.3) is 0 Å². The van der Waals surface area contributed by atoms with Crippen molar-refractivity contribution in [3.8, 4) is 0 Å². The van der Waals surface area contributed by atoms with Crippen molar-refractivity contribution in [1.29, 1.82) is 0 Å². The second-order valence-electron chi connectivity index (χ2n) is 8.02. The van der Waals surface area contributed by atoms with Crippen LogP contribution in [0, 0.1) is 11.3 Å². The average molecular weight is 305 g/mol. The third kappa shape index (κ3) is 2.07. The molecule has 0 spiro atoms. The van der Waals surface area contributed by atoms with E-state index in [1.54, 1.807) is 0 Å². The number of hydrogen-bond donors (Lipinski definition) is 0. The first-order valence-corrected chi connectivity index (χ1v) is 8.11. The normalized spacial score (nSPS) is 31.6. The van der Waals surface area contributed by atoms with E-state index < -0.39 is 0 Å². The Morgan fingerprint density at radius 2 is 2.09 bits per heavy atom. The van der Waals surface area contributed by atoms with Crippen LogP contribution in [-0.2, 0) is 14.9 Å². The van der Waals surface area contributed by atoms with Crippen molar-refractivity contribution in [1.82, 2.24) is 15.1 Å². The van der Waals surface area contributed by atoms with Crippen LogP contribution in [0.4, 0.5) is 0 Å². The third-order valence-corrected chi connectivity index (χ3v) is 5.10. The largest absolute Gasteiger partial charge is 0.424 e. The molecule has 2 aliphatic heterocycles. The number of fused-ring (bicyclic) bond motifs is 1. The van der Waals surface area contributed by atoms with Gasteiger partial charge in [0.2, 0.25) is 17.7 Å². The Bertz CT molecular complexity index is 602. The van der Waals surface area contributed by atoms with E-state index in [0.717, 1.165) is 25.3 Å². The molecule has 1 aromatic rings. The highest BCUT2D eigenvalue weighted by Gasteiger charge is 2.57. The number of hydrogen-bond acceptors (Lipinski definition) is 5. The summed E-state index contributed by atoms with van der Waals surface area (Å²) in [5, 5.41) is 8.54. The van der Waals surface area contributed by atoms with E-state index in [0.29, 0.717) is 31.6 Å². The zero-order valence-corrected chi connectivity index (χ0v) is 13.5. The SMILES string of the molecule is CC(C)(C)C(=O)N1C[C@H]2COC[C@@]2(c2nnc(C3CC3)o2)C1. The third-order valence-electron chi connectivity index (χ3n) is 5.10. The van der Waals surface area contributed by atoms with Crippen molar-refractivity contribution in [3.63, 3.8) is 0 Å². The first kappa shape index (κ1) is 14.2. The summed E-state index contributed by atoms with van der Waals surface area (Å²) in [4.78, 5) is 14.6. The van der Waals surface area contributed by atoms with Crippen molar-refractivity contribution in [2.45, 2.75) is 44.9 Å². The smallest absolute Gasteiger partial charge is 0.227 e. The molecule has 0 aromatic carbocycles. The first-order valence-electron chi connectivity index (χ1n) is 8.11. The minimum Gasteiger partial charge on any atom is -0.424 e. The number of likely N-dealkylation sites (tertiary alicyclic amines) is 1.